The minimum absolute atomic E-state index is 0.199. The van der Waals surface area contributed by atoms with Gasteiger partial charge in [-0.1, -0.05) is 13.8 Å². The topological polar surface area (TPSA) is 59.9 Å². The lowest BCUT2D eigenvalue weighted by Gasteiger charge is -2.14. The number of hydrogen-bond acceptors (Lipinski definition) is 4. The summed E-state index contributed by atoms with van der Waals surface area (Å²) in [5.41, 5.74) is 0. The van der Waals surface area contributed by atoms with Crippen molar-refractivity contribution in [2.24, 2.45) is 0 Å². The van der Waals surface area contributed by atoms with Crippen LogP contribution in [0.5, 0.6) is 0 Å². The zero-order valence-corrected chi connectivity index (χ0v) is 10.1. The molecule has 1 heterocycles. The standard InChI is InChI=1S/C9H15N3O2S/c1-5(2)7-10-11-9(15)12(7)6(3)8(13)14-4/h5-6H,1-4H3,(H,11,15). The largest absolute Gasteiger partial charge is 0.467 e. The summed E-state index contributed by atoms with van der Waals surface area (Å²) in [5, 5.41) is 6.78. The molecule has 1 aromatic rings. The van der Waals surface area contributed by atoms with Gasteiger partial charge in [-0.25, -0.2) is 4.79 Å². The van der Waals surface area contributed by atoms with Crippen LogP contribution in [0.2, 0.25) is 0 Å². The van der Waals surface area contributed by atoms with Gasteiger partial charge in [0, 0.05) is 5.92 Å². The lowest BCUT2D eigenvalue weighted by atomic mass is 10.2. The number of aromatic amines is 1. The highest BCUT2D eigenvalue weighted by molar-refractivity contribution is 7.71. The Morgan fingerprint density at radius 2 is 2.13 bits per heavy atom. The van der Waals surface area contributed by atoms with Crippen LogP contribution in [-0.2, 0) is 9.53 Å². The molecule has 1 aromatic heterocycles. The van der Waals surface area contributed by atoms with Crippen LogP contribution in [0.25, 0.3) is 0 Å². The lowest BCUT2D eigenvalue weighted by Crippen LogP contribution is -2.20. The van der Waals surface area contributed by atoms with Crippen molar-refractivity contribution in [1.29, 1.82) is 0 Å². The summed E-state index contributed by atoms with van der Waals surface area (Å²) in [6, 6.07) is -0.446. The Balaban J connectivity index is 3.17. The van der Waals surface area contributed by atoms with Crippen molar-refractivity contribution in [2.45, 2.75) is 32.7 Å². The molecule has 0 spiro atoms. The molecule has 0 radical (unpaired) electrons. The summed E-state index contributed by atoms with van der Waals surface area (Å²) >= 11 is 5.07. The van der Waals surface area contributed by atoms with Gasteiger partial charge in [0.1, 0.15) is 11.9 Å². The number of aromatic nitrogens is 3. The van der Waals surface area contributed by atoms with Crippen molar-refractivity contribution in [2.75, 3.05) is 7.11 Å². The predicted octanol–water partition coefficient (Wildman–Crippen LogP) is 1.80. The molecule has 0 amide bonds. The number of carbonyl (C=O) groups excluding carboxylic acids is 1. The smallest absolute Gasteiger partial charge is 0.328 e. The minimum Gasteiger partial charge on any atom is -0.467 e. The fraction of sp³-hybridized carbons (Fsp3) is 0.667. The molecule has 0 saturated heterocycles. The van der Waals surface area contributed by atoms with Gasteiger partial charge >= 0.3 is 5.97 Å². The van der Waals surface area contributed by atoms with E-state index in [-0.39, 0.29) is 11.9 Å². The number of carbonyl (C=O) groups is 1. The van der Waals surface area contributed by atoms with E-state index >= 15 is 0 Å². The van der Waals surface area contributed by atoms with E-state index in [1.807, 2.05) is 13.8 Å². The van der Waals surface area contributed by atoms with Crippen LogP contribution < -0.4 is 0 Å². The first kappa shape index (κ1) is 11.9. The zero-order chi connectivity index (χ0) is 11.6. The first-order valence-electron chi connectivity index (χ1n) is 4.73. The van der Waals surface area contributed by atoms with Gasteiger partial charge in [0.05, 0.1) is 7.11 Å². The van der Waals surface area contributed by atoms with Crippen LogP contribution in [0.4, 0.5) is 0 Å². The van der Waals surface area contributed by atoms with Crippen molar-refractivity contribution in [3.8, 4) is 0 Å². The number of methoxy groups -OCH3 is 1. The van der Waals surface area contributed by atoms with Crippen LogP contribution in [0.15, 0.2) is 0 Å². The van der Waals surface area contributed by atoms with E-state index in [1.165, 1.54) is 7.11 Å². The van der Waals surface area contributed by atoms with E-state index in [2.05, 4.69) is 14.9 Å². The van der Waals surface area contributed by atoms with Crippen molar-refractivity contribution >= 4 is 18.2 Å². The summed E-state index contributed by atoms with van der Waals surface area (Å²) in [4.78, 5) is 11.4. The molecule has 0 aliphatic heterocycles. The van der Waals surface area contributed by atoms with E-state index in [1.54, 1.807) is 11.5 Å². The normalized spacial score (nSPS) is 12.9. The number of H-pyrrole nitrogens is 1. The third kappa shape index (κ3) is 2.26. The monoisotopic (exact) mass is 229 g/mol. The van der Waals surface area contributed by atoms with Gasteiger partial charge in [-0.15, -0.1) is 0 Å². The zero-order valence-electron chi connectivity index (χ0n) is 9.27. The first-order valence-corrected chi connectivity index (χ1v) is 5.14. The van der Waals surface area contributed by atoms with E-state index in [0.717, 1.165) is 5.82 Å². The molecule has 0 aromatic carbocycles. The number of esters is 1. The molecule has 0 bridgehead atoms. The summed E-state index contributed by atoms with van der Waals surface area (Å²) in [5.74, 6) is 0.636. The van der Waals surface area contributed by atoms with Crippen LogP contribution >= 0.6 is 12.2 Å². The van der Waals surface area contributed by atoms with Crippen LogP contribution in [0.1, 0.15) is 38.6 Å². The average Bonchev–Trinajstić information content (AvgIpc) is 2.58. The van der Waals surface area contributed by atoms with Crippen molar-refractivity contribution in [1.82, 2.24) is 14.8 Å². The highest BCUT2D eigenvalue weighted by atomic mass is 32.1. The highest BCUT2D eigenvalue weighted by Gasteiger charge is 2.21. The third-order valence-corrected chi connectivity index (χ3v) is 2.47. The molecule has 1 atom stereocenters. The predicted molar refractivity (Wildman–Crippen MR) is 58.2 cm³/mol. The average molecular weight is 229 g/mol. The van der Waals surface area contributed by atoms with Crippen LogP contribution in [-0.4, -0.2) is 27.8 Å². The molecular weight excluding hydrogens is 214 g/mol. The molecule has 15 heavy (non-hydrogen) atoms. The molecule has 0 fully saturated rings. The van der Waals surface area contributed by atoms with Gasteiger partial charge < -0.3 is 4.74 Å². The summed E-state index contributed by atoms with van der Waals surface area (Å²) < 4.78 is 6.81. The molecule has 1 rings (SSSR count). The fourth-order valence-corrected chi connectivity index (χ4v) is 1.67. The lowest BCUT2D eigenvalue weighted by molar-refractivity contribution is -0.144. The Kier molecular flexibility index (Phi) is 3.62. The molecule has 1 unspecified atom stereocenters. The van der Waals surface area contributed by atoms with Gasteiger partial charge in [-0.2, -0.15) is 5.10 Å². The fourth-order valence-electron chi connectivity index (χ4n) is 1.37. The maximum atomic E-state index is 11.4. The summed E-state index contributed by atoms with van der Waals surface area (Å²) in [6.45, 7) is 5.72. The van der Waals surface area contributed by atoms with Gasteiger partial charge in [0.15, 0.2) is 4.77 Å². The number of rotatable bonds is 3. The van der Waals surface area contributed by atoms with Gasteiger partial charge in [-0.3, -0.25) is 9.67 Å². The Morgan fingerprint density at radius 1 is 1.53 bits per heavy atom. The van der Waals surface area contributed by atoms with Crippen LogP contribution in [0, 0.1) is 4.77 Å². The van der Waals surface area contributed by atoms with Crippen LogP contribution in [0.3, 0.4) is 0 Å². The first-order chi connectivity index (χ1) is 6.99. The minimum atomic E-state index is -0.446. The second-order valence-electron chi connectivity index (χ2n) is 3.61. The maximum absolute atomic E-state index is 11.4. The SMILES string of the molecule is COC(=O)C(C)n1c(C(C)C)n[nH]c1=S. The van der Waals surface area contributed by atoms with E-state index < -0.39 is 6.04 Å². The number of hydrogen-bond donors (Lipinski definition) is 1. The van der Waals surface area contributed by atoms with E-state index in [9.17, 15) is 4.79 Å². The molecule has 6 heteroatoms. The molecule has 0 aliphatic carbocycles. The van der Waals surface area contributed by atoms with E-state index in [4.69, 9.17) is 12.2 Å². The van der Waals surface area contributed by atoms with Crippen molar-refractivity contribution in [3.05, 3.63) is 10.6 Å². The summed E-state index contributed by atoms with van der Waals surface area (Å²) in [7, 11) is 1.36. The van der Waals surface area contributed by atoms with Gasteiger partial charge in [0.2, 0.25) is 0 Å². The summed E-state index contributed by atoms with van der Waals surface area (Å²) in [6.07, 6.45) is 0. The quantitative estimate of drug-likeness (QED) is 0.634. The third-order valence-electron chi connectivity index (χ3n) is 2.18. The molecule has 84 valence electrons. The number of nitrogens with one attached hydrogen (secondary N) is 1. The number of ether oxygens (including phenoxy) is 1. The Morgan fingerprint density at radius 3 is 2.60 bits per heavy atom. The Labute approximate surface area is 93.4 Å². The molecule has 0 saturated carbocycles. The van der Waals surface area contributed by atoms with Gasteiger partial charge in [-0.05, 0) is 19.1 Å². The molecular formula is C9H15N3O2S. The molecule has 5 nitrogen and oxygen atoms in total. The van der Waals surface area contributed by atoms with E-state index in [0.29, 0.717) is 4.77 Å². The second-order valence-corrected chi connectivity index (χ2v) is 4.00. The van der Waals surface area contributed by atoms with Gasteiger partial charge in [0.25, 0.3) is 0 Å². The van der Waals surface area contributed by atoms with Crippen molar-refractivity contribution in [3.63, 3.8) is 0 Å². The highest BCUT2D eigenvalue weighted by Crippen LogP contribution is 2.17. The molecule has 0 aliphatic rings. The number of nitrogens with zero attached hydrogens (tertiary/aromatic N) is 2. The maximum Gasteiger partial charge on any atom is 0.328 e. The Bertz CT molecular complexity index is 408. The molecule has 1 N–H and O–H groups in total. The second kappa shape index (κ2) is 4.57. The Hall–Kier alpha value is -1.17. The van der Waals surface area contributed by atoms with Crippen molar-refractivity contribution < 1.29 is 9.53 Å².